The lowest BCUT2D eigenvalue weighted by Gasteiger charge is -2.21. The van der Waals surface area contributed by atoms with Gasteiger partial charge in [0.25, 0.3) is 5.91 Å². The number of hydrogen-bond donors (Lipinski definition) is 3. The van der Waals surface area contributed by atoms with Crippen LogP contribution in [0.3, 0.4) is 0 Å². The molecule has 2 aromatic rings. The summed E-state index contributed by atoms with van der Waals surface area (Å²) in [5, 5.41) is 16.3. The van der Waals surface area contributed by atoms with E-state index in [1.165, 1.54) is 23.5 Å². The van der Waals surface area contributed by atoms with Crippen molar-refractivity contribution in [2.45, 2.75) is 26.8 Å². The summed E-state index contributed by atoms with van der Waals surface area (Å²) in [6.45, 7) is 5.35. The van der Waals surface area contributed by atoms with Crippen LogP contribution in [0.1, 0.15) is 39.4 Å². The second-order valence-corrected chi connectivity index (χ2v) is 6.94. The molecule has 2 amide bonds. The number of aryl methyl sites for hydroxylation is 1. The highest BCUT2D eigenvalue weighted by atomic mass is 32.1. The maximum atomic E-state index is 12.6. The van der Waals surface area contributed by atoms with Crippen LogP contribution in [0.5, 0.6) is 0 Å². The summed E-state index contributed by atoms with van der Waals surface area (Å²) in [5.74, 6) is -1.76. The third-order valence-electron chi connectivity index (χ3n) is 3.71. The van der Waals surface area contributed by atoms with Crippen LogP contribution in [-0.4, -0.2) is 28.9 Å². The molecule has 1 aromatic heterocycles. The normalized spacial score (nSPS) is 11.8. The fourth-order valence-electron chi connectivity index (χ4n) is 2.36. The summed E-state index contributed by atoms with van der Waals surface area (Å²) in [4.78, 5) is 36.4. The predicted octanol–water partition coefficient (Wildman–Crippen LogP) is 3.15. The molecule has 0 spiro atoms. The molecule has 6 nitrogen and oxygen atoms in total. The van der Waals surface area contributed by atoms with Gasteiger partial charge in [0, 0.05) is 5.69 Å². The summed E-state index contributed by atoms with van der Waals surface area (Å²) in [7, 11) is 0. The first-order chi connectivity index (χ1) is 11.8. The minimum atomic E-state index is -1.02. The van der Waals surface area contributed by atoms with Crippen LogP contribution in [0, 0.1) is 12.8 Å². The van der Waals surface area contributed by atoms with Gasteiger partial charge in [0.1, 0.15) is 6.04 Å². The van der Waals surface area contributed by atoms with Crippen molar-refractivity contribution < 1.29 is 19.5 Å². The number of carboxylic acids is 1. The highest BCUT2D eigenvalue weighted by Crippen LogP contribution is 2.17. The van der Waals surface area contributed by atoms with E-state index in [1.54, 1.807) is 30.5 Å². The molecular formula is C18H20N2O4S. The van der Waals surface area contributed by atoms with Gasteiger partial charge in [-0.2, -0.15) is 0 Å². The predicted molar refractivity (Wildman–Crippen MR) is 97.2 cm³/mol. The maximum absolute atomic E-state index is 12.6. The van der Waals surface area contributed by atoms with Gasteiger partial charge in [0.2, 0.25) is 5.91 Å². The van der Waals surface area contributed by atoms with Crippen LogP contribution >= 0.6 is 11.3 Å². The molecule has 1 unspecified atom stereocenters. The Hall–Kier alpha value is -2.67. The third kappa shape index (κ3) is 4.67. The Morgan fingerprint density at radius 3 is 2.40 bits per heavy atom. The molecule has 3 N–H and O–H groups in total. The van der Waals surface area contributed by atoms with E-state index >= 15 is 0 Å². The van der Waals surface area contributed by atoms with Crippen molar-refractivity contribution in [1.82, 2.24) is 5.32 Å². The molecule has 1 atom stereocenters. The van der Waals surface area contributed by atoms with E-state index in [2.05, 4.69) is 10.6 Å². The van der Waals surface area contributed by atoms with Gasteiger partial charge in [-0.15, -0.1) is 11.3 Å². The molecule has 0 aliphatic rings. The Kier molecular flexibility index (Phi) is 5.93. The number of hydrogen-bond acceptors (Lipinski definition) is 4. The van der Waals surface area contributed by atoms with Gasteiger partial charge >= 0.3 is 5.97 Å². The molecular weight excluding hydrogens is 340 g/mol. The molecule has 0 fully saturated rings. The number of aromatic carboxylic acids is 1. The third-order valence-corrected chi connectivity index (χ3v) is 4.57. The molecule has 1 heterocycles. The summed E-state index contributed by atoms with van der Waals surface area (Å²) in [5.41, 5.74) is 1.22. The highest BCUT2D eigenvalue weighted by Gasteiger charge is 2.25. The van der Waals surface area contributed by atoms with Crippen molar-refractivity contribution in [2.24, 2.45) is 5.92 Å². The minimum absolute atomic E-state index is 0.108. The highest BCUT2D eigenvalue weighted by molar-refractivity contribution is 7.12. The Morgan fingerprint density at radius 1 is 1.16 bits per heavy atom. The van der Waals surface area contributed by atoms with Gasteiger partial charge in [0.15, 0.2) is 0 Å². The lowest BCUT2D eigenvalue weighted by Crippen LogP contribution is -2.46. The van der Waals surface area contributed by atoms with Crippen molar-refractivity contribution >= 4 is 34.8 Å². The monoisotopic (exact) mass is 360 g/mol. The van der Waals surface area contributed by atoms with Gasteiger partial charge in [-0.3, -0.25) is 9.59 Å². The average Bonchev–Trinajstić information content (AvgIpc) is 3.06. The summed E-state index contributed by atoms with van der Waals surface area (Å²) in [6.07, 6.45) is 0. The number of rotatable bonds is 6. The largest absolute Gasteiger partial charge is 0.478 e. The molecule has 0 saturated heterocycles. The zero-order valence-electron chi connectivity index (χ0n) is 14.2. The van der Waals surface area contributed by atoms with Gasteiger partial charge in [-0.05, 0) is 48.1 Å². The number of carbonyl (C=O) groups is 3. The van der Waals surface area contributed by atoms with E-state index < -0.39 is 12.0 Å². The number of amides is 2. The molecule has 7 heteroatoms. The maximum Gasteiger partial charge on any atom is 0.335 e. The Balaban J connectivity index is 2.11. The second kappa shape index (κ2) is 7.94. The summed E-state index contributed by atoms with van der Waals surface area (Å²) >= 11 is 1.31. The molecule has 1 aromatic carbocycles. The first kappa shape index (κ1) is 18.7. The van der Waals surface area contributed by atoms with Gasteiger partial charge in [-0.25, -0.2) is 4.79 Å². The second-order valence-electron chi connectivity index (χ2n) is 6.00. The zero-order valence-corrected chi connectivity index (χ0v) is 15.0. The molecule has 0 radical (unpaired) electrons. The summed E-state index contributed by atoms with van der Waals surface area (Å²) < 4.78 is 0. The number of anilines is 1. The average molecular weight is 360 g/mol. The Labute approximate surface area is 149 Å². The fraction of sp³-hybridized carbons (Fsp3) is 0.278. The molecule has 0 saturated carbocycles. The van der Waals surface area contributed by atoms with Crippen LogP contribution in [0.2, 0.25) is 0 Å². The number of thiophene rings is 1. The smallest absolute Gasteiger partial charge is 0.335 e. The SMILES string of the molecule is Cc1cc(NC(=O)C(NC(=O)c2cccs2)C(C)C)ccc1C(=O)O. The standard InChI is InChI=1S/C18H20N2O4S/c1-10(2)15(20-16(21)14-5-4-8-25-14)17(22)19-12-6-7-13(18(23)24)11(3)9-12/h4-10,15H,1-3H3,(H,19,22)(H,20,21)(H,23,24). The zero-order chi connectivity index (χ0) is 18.6. The molecule has 25 heavy (non-hydrogen) atoms. The number of carboxylic acid groups (broad SMARTS) is 1. The van der Waals surface area contributed by atoms with Gasteiger partial charge in [0.05, 0.1) is 10.4 Å². The first-order valence-corrected chi connectivity index (χ1v) is 8.66. The van der Waals surface area contributed by atoms with Crippen molar-refractivity contribution in [3.8, 4) is 0 Å². The van der Waals surface area contributed by atoms with Crippen molar-refractivity contribution in [2.75, 3.05) is 5.32 Å². The quantitative estimate of drug-likeness (QED) is 0.737. The van der Waals surface area contributed by atoms with E-state index in [0.717, 1.165) is 0 Å². The van der Waals surface area contributed by atoms with Crippen molar-refractivity contribution in [1.29, 1.82) is 0 Å². The lowest BCUT2D eigenvalue weighted by molar-refractivity contribution is -0.118. The van der Waals surface area contributed by atoms with Crippen LogP contribution in [0.4, 0.5) is 5.69 Å². The lowest BCUT2D eigenvalue weighted by atomic mass is 10.0. The molecule has 132 valence electrons. The van der Waals surface area contributed by atoms with Crippen LogP contribution in [0.15, 0.2) is 35.7 Å². The van der Waals surface area contributed by atoms with Gasteiger partial charge < -0.3 is 15.7 Å². The number of benzene rings is 1. The van der Waals surface area contributed by atoms with E-state index in [4.69, 9.17) is 5.11 Å². The topological polar surface area (TPSA) is 95.5 Å². The summed E-state index contributed by atoms with van der Waals surface area (Å²) in [6, 6.07) is 7.35. The van der Waals surface area contributed by atoms with Crippen molar-refractivity contribution in [3.63, 3.8) is 0 Å². The van der Waals surface area contributed by atoms with Gasteiger partial charge in [-0.1, -0.05) is 19.9 Å². The number of carbonyl (C=O) groups excluding carboxylic acids is 2. The van der Waals surface area contributed by atoms with Crippen LogP contribution in [0.25, 0.3) is 0 Å². The number of nitrogens with one attached hydrogen (secondary N) is 2. The van der Waals surface area contributed by atoms with Crippen molar-refractivity contribution in [3.05, 3.63) is 51.7 Å². The van der Waals surface area contributed by atoms with E-state index in [1.807, 2.05) is 13.8 Å². The molecule has 0 aliphatic heterocycles. The molecule has 0 bridgehead atoms. The minimum Gasteiger partial charge on any atom is -0.478 e. The Morgan fingerprint density at radius 2 is 1.88 bits per heavy atom. The van der Waals surface area contributed by atoms with E-state index in [-0.39, 0.29) is 23.3 Å². The van der Waals surface area contributed by atoms with E-state index in [0.29, 0.717) is 16.1 Å². The van der Waals surface area contributed by atoms with Crippen LogP contribution in [-0.2, 0) is 4.79 Å². The first-order valence-electron chi connectivity index (χ1n) is 7.78. The molecule has 2 rings (SSSR count). The molecule has 0 aliphatic carbocycles. The van der Waals surface area contributed by atoms with Crippen LogP contribution < -0.4 is 10.6 Å². The Bertz CT molecular complexity index is 784. The van der Waals surface area contributed by atoms with E-state index in [9.17, 15) is 14.4 Å². The fourth-order valence-corrected chi connectivity index (χ4v) is 2.98.